The van der Waals surface area contributed by atoms with Crippen LogP contribution in [0.2, 0.25) is 36.3 Å². The molecule has 10 rings (SSSR count). The second-order valence-corrected chi connectivity index (χ2v) is 39.1. The van der Waals surface area contributed by atoms with Gasteiger partial charge in [-0.15, -0.1) is 0 Å². The molecule has 1 spiro atoms. The van der Waals surface area contributed by atoms with Crippen molar-refractivity contribution >= 4 is 38.5 Å². The molecule has 9 heterocycles. The zero-order valence-corrected chi connectivity index (χ0v) is 52.7. The predicted octanol–water partition coefficient (Wildman–Crippen LogP) is 10.4. The zero-order chi connectivity index (χ0) is 57.2. The summed E-state index contributed by atoms with van der Waals surface area (Å²) in [5.74, 6) is -2.11. The summed E-state index contributed by atoms with van der Waals surface area (Å²) in [7, 11) is -6.68. The molecular weight excluding hydrogens is 1060 g/mol. The van der Waals surface area contributed by atoms with E-state index in [-0.39, 0.29) is 89.2 Å². The molecule has 1 aromatic rings. The molecule has 20 atom stereocenters. The maximum atomic E-state index is 14.9. The van der Waals surface area contributed by atoms with Gasteiger partial charge in [0.25, 0.3) is 10.1 Å². The van der Waals surface area contributed by atoms with Gasteiger partial charge in [-0.05, 0) is 111 Å². The topological polar surface area (TPSA) is 179 Å². The minimum Gasteiger partial charge on any atom is -0.459 e. The van der Waals surface area contributed by atoms with E-state index in [0.717, 1.165) is 11.8 Å². The maximum absolute atomic E-state index is 14.9. The van der Waals surface area contributed by atoms with Gasteiger partial charge in [-0.25, -0.2) is 4.79 Å². The molecule has 10 bridgehead atoms. The van der Waals surface area contributed by atoms with Crippen LogP contribution in [0.25, 0.3) is 0 Å². The number of hydrogen-bond donors (Lipinski definition) is 0. The van der Waals surface area contributed by atoms with Crippen LogP contribution < -0.4 is 0 Å². The maximum Gasteiger partial charge on any atom is 0.338 e. The number of esters is 1. The van der Waals surface area contributed by atoms with Crippen LogP contribution in [0.5, 0.6) is 0 Å². The van der Waals surface area contributed by atoms with E-state index in [1.165, 1.54) is 0 Å². The molecule has 0 aromatic heterocycles. The molecular formula is C60H96O16SSi2. The first-order valence-electron chi connectivity index (χ1n) is 29.7. The summed E-state index contributed by atoms with van der Waals surface area (Å²) in [6.45, 7) is 31.7. The smallest absolute Gasteiger partial charge is 0.338 e. The fraction of sp³-hybridized carbons (Fsp3) is 0.833. The fourth-order valence-electron chi connectivity index (χ4n) is 13.4. The van der Waals surface area contributed by atoms with Crippen LogP contribution in [0.15, 0.2) is 42.5 Å². The third-order valence-electron chi connectivity index (χ3n) is 20.0. The molecule has 1 aromatic carbocycles. The molecule has 16 nitrogen and oxygen atoms in total. The number of carbonyl (C=O) groups is 2. The number of carbonyl (C=O) groups excluding carboxylic acids is 2. The molecule has 9 saturated heterocycles. The summed E-state index contributed by atoms with van der Waals surface area (Å²) in [4.78, 5) is 28.7. The quantitative estimate of drug-likeness (QED) is 0.0834. The van der Waals surface area contributed by atoms with Crippen molar-refractivity contribution in [3.05, 3.63) is 48.0 Å². The van der Waals surface area contributed by atoms with Gasteiger partial charge in [-0.1, -0.05) is 80.2 Å². The first-order chi connectivity index (χ1) is 36.9. The molecule has 79 heavy (non-hydrogen) atoms. The number of fused-ring (bicyclic) bond motifs is 4. The first kappa shape index (κ1) is 61.6. The standard InChI is InChI=1S/C60H96O16SSi2/c1-35-27-40-21-23-45(75-77(11,63)64)36(2)28-42(69-57(62)38-19-17-16-18-20-38)25-26-60-33-50-53(73-60)54-55(72-50)56(74-60)52-46(71-54)24-22-41(68-52)29-39(61)30-44-48(32-47(67-40)37(35)3)70-49(51(44)65-10)31-43(76-79(14,15)59(7,8)9)34-66-78(12,13)58(4,5)6/h16-20,35-36,40-56H,3,21-34H2,1-2,4-15H3/t35?,36?,40?,41?,42-,43?,44?,45?,46?,47?,48-,49+,50?,51+,52-,53-,54-,55?,56?,60-/m0/s1. The van der Waals surface area contributed by atoms with E-state index in [0.29, 0.717) is 82.8 Å². The van der Waals surface area contributed by atoms with Gasteiger partial charge in [0.05, 0.1) is 79.5 Å². The summed E-state index contributed by atoms with van der Waals surface area (Å²) in [5, 5.41) is -0.0514. The van der Waals surface area contributed by atoms with Gasteiger partial charge in [0, 0.05) is 51.6 Å². The largest absolute Gasteiger partial charge is 0.459 e. The Morgan fingerprint density at radius 1 is 0.772 bits per heavy atom. The van der Waals surface area contributed by atoms with Crippen molar-refractivity contribution in [2.24, 2.45) is 17.8 Å². The second kappa shape index (κ2) is 23.8. The average molecular weight is 1160 g/mol. The van der Waals surface area contributed by atoms with Gasteiger partial charge in [0.2, 0.25) is 0 Å². The Morgan fingerprint density at radius 3 is 2.13 bits per heavy atom. The SMILES string of the molecule is C=C1C(C)CC2CCC(OS(C)(=O)=O)C(C)C[C@@H](OC(=O)c3ccccc3)CC[C@@]34CC5OC6C(O3)[C@H]3OC(CCC3O[C@H]6[C@H]5O4)CC(=O)CC3[C@H](CC1O2)O[C@H](CC(CO[Si](C)(C)C(C)(C)C)O[Si](C)(C)C(C)(C)C)[C@@H]3OC. The molecule has 0 aliphatic carbocycles. The normalized spacial score (nSPS) is 40.1. The molecule has 0 saturated carbocycles. The van der Waals surface area contributed by atoms with Crippen LogP contribution in [0.3, 0.4) is 0 Å². The Hall–Kier alpha value is -1.96. The molecule has 9 fully saturated rings. The van der Waals surface area contributed by atoms with Gasteiger partial charge in [-0.2, -0.15) is 8.42 Å². The van der Waals surface area contributed by atoms with E-state index >= 15 is 0 Å². The molecule has 12 unspecified atom stereocenters. The third-order valence-corrected chi connectivity index (χ3v) is 29.6. The highest BCUT2D eigenvalue weighted by Gasteiger charge is 2.69. The molecule has 9 aliphatic heterocycles. The van der Waals surface area contributed by atoms with Crippen molar-refractivity contribution in [3.8, 4) is 0 Å². The Balaban J connectivity index is 1.03. The summed E-state index contributed by atoms with van der Waals surface area (Å²) in [5.41, 5.74) is 1.37. The van der Waals surface area contributed by atoms with Gasteiger partial charge < -0.3 is 51.5 Å². The lowest BCUT2D eigenvalue weighted by Gasteiger charge is -2.47. The first-order valence-corrected chi connectivity index (χ1v) is 37.4. The molecule has 446 valence electrons. The Kier molecular flexibility index (Phi) is 18.6. The summed E-state index contributed by atoms with van der Waals surface area (Å²) < 4.78 is 108. The molecule has 0 radical (unpaired) electrons. The lowest BCUT2D eigenvalue weighted by Crippen LogP contribution is -2.61. The number of ether oxygens (including phenoxy) is 9. The van der Waals surface area contributed by atoms with Crippen LogP contribution >= 0.6 is 0 Å². The van der Waals surface area contributed by atoms with Crippen molar-refractivity contribution in [1.29, 1.82) is 0 Å². The van der Waals surface area contributed by atoms with E-state index in [2.05, 4.69) is 81.2 Å². The summed E-state index contributed by atoms with van der Waals surface area (Å²) in [6, 6.07) is 8.87. The van der Waals surface area contributed by atoms with Crippen LogP contribution in [0.1, 0.15) is 149 Å². The minimum atomic E-state index is -3.91. The van der Waals surface area contributed by atoms with E-state index < -0.39 is 93.4 Å². The van der Waals surface area contributed by atoms with Crippen LogP contribution in [0.4, 0.5) is 0 Å². The highest BCUT2D eigenvalue weighted by molar-refractivity contribution is 7.86. The predicted molar refractivity (Wildman–Crippen MR) is 303 cm³/mol. The third kappa shape index (κ3) is 13.9. The second-order valence-electron chi connectivity index (χ2n) is 27.9. The Bertz CT molecular complexity index is 2410. The molecule has 9 aliphatic rings. The lowest BCUT2D eigenvalue weighted by molar-refractivity contribution is -0.292. The minimum absolute atomic E-state index is 0.0000824. The Labute approximate surface area is 474 Å². The Morgan fingerprint density at radius 2 is 1.44 bits per heavy atom. The number of Topliss-reactive ketones (excluding diaryl/α,β-unsaturated/α-hetero) is 1. The number of rotatable bonds is 12. The molecule has 19 heteroatoms. The van der Waals surface area contributed by atoms with Crippen LogP contribution in [-0.2, 0) is 70.6 Å². The molecule has 0 N–H and O–H groups in total. The van der Waals surface area contributed by atoms with Gasteiger partial charge in [0.15, 0.2) is 22.4 Å². The molecule has 0 amide bonds. The number of methoxy groups -OCH3 is 1. The average Bonchev–Trinajstić information content (AvgIpc) is 4.13. The number of ketones is 1. The van der Waals surface area contributed by atoms with Gasteiger partial charge in [-0.3, -0.25) is 8.98 Å². The monoisotopic (exact) mass is 1160 g/mol. The zero-order valence-electron chi connectivity index (χ0n) is 49.9. The van der Waals surface area contributed by atoms with Gasteiger partial charge >= 0.3 is 5.97 Å². The summed E-state index contributed by atoms with van der Waals surface area (Å²) in [6.07, 6.45) is 0.168. The highest BCUT2D eigenvalue weighted by atomic mass is 32.2. The van der Waals surface area contributed by atoms with E-state index in [4.69, 9.17) is 55.7 Å². The van der Waals surface area contributed by atoms with E-state index in [1.807, 2.05) is 13.0 Å². The van der Waals surface area contributed by atoms with E-state index in [1.54, 1.807) is 31.4 Å². The van der Waals surface area contributed by atoms with Crippen molar-refractivity contribution < 1.29 is 73.7 Å². The summed E-state index contributed by atoms with van der Waals surface area (Å²) >= 11 is 0. The number of hydrogen-bond acceptors (Lipinski definition) is 16. The fourth-order valence-corrected chi connectivity index (χ4v) is 16.6. The highest BCUT2D eigenvalue weighted by Crippen LogP contribution is 2.55. The van der Waals surface area contributed by atoms with Crippen molar-refractivity contribution in [1.82, 2.24) is 0 Å². The number of benzene rings is 1. The van der Waals surface area contributed by atoms with Crippen LogP contribution in [-0.4, -0.2) is 160 Å². The van der Waals surface area contributed by atoms with Crippen molar-refractivity contribution in [3.63, 3.8) is 0 Å². The van der Waals surface area contributed by atoms with Gasteiger partial charge in [0.1, 0.15) is 42.4 Å². The lowest BCUT2D eigenvalue weighted by atomic mass is 9.81. The van der Waals surface area contributed by atoms with Crippen molar-refractivity contribution in [2.45, 2.75) is 279 Å². The van der Waals surface area contributed by atoms with Crippen molar-refractivity contribution in [2.75, 3.05) is 20.0 Å². The van der Waals surface area contributed by atoms with E-state index in [9.17, 15) is 18.0 Å². The van der Waals surface area contributed by atoms with Crippen LogP contribution in [0, 0.1) is 17.8 Å².